The van der Waals surface area contributed by atoms with Gasteiger partial charge in [-0.2, -0.15) is 0 Å². The number of hydrogen-bond acceptors (Lipinski definition) is 2. The number of benzene rings is 3. The van der Waals surface area contributed by atoms with E-state index in [-0.39, 0.29) is 5.78 Å². The Morgan fingerprint density at radius 3 is 2.35 bits per heavy atom. The maximum atomic E-state index is 12.5. The topological polar surface area (TPSA) is 43.1 Å². The maximum absolute atomic E-state index is 12.5. The summed E-state index contributed by atoms with van der Waals surface area (Å²) in [6.07, 6.45) is 0. The fraction of sp³-hybridized carbons (Fsp3) is 0.0556. The molecule has 0 bridgehead atoms. The largest absolute Gasteiger partial charge is 0.326 e. The van der Waals surface area contributed by atoms with Crippen molar-refractivity contribution in [1.82, 2.24) is 0 Å². The van der Waals surface area contributed by atoms with Crippen LogP contribution in [-0.4, -0.2) is 5.78 Å². The zero-order chi connectivity index (χ0) is 13.9. The van der Waals surface area contributed by atoms with Crippen molar-refractivity contribution >= 4 is 16.6 Å². The van der Waals surface area contributed by atoms with Gasteiger partial charge >= 0.3 is 0 Å². The number of carbonyl (C=O) groups excluding carboxylic acids is 1. The molecule has 0 aliphatic carbocycles. The average Bonchev–Trinajstić information content (AvgIpc) is 2.53. The van der Waals surface area contributed by atoms with Gasteiger partial charge in [-0.05, 0) is 28.5 Å². The molecule has 3 rings (SSSR count). The molecule has 0 amide bonds. The Kier molecular flexibility index (Phi) is 3.32. The SMILES string of the molecule is NCc1cccc(C(=O)c2ccc3ccccc3c2)c1. The van der Waals surface area contributed by atoms with Gasteiger partial charge in [0.15, 0.2) is 5.78 Å². The molecule has 0 fully saturated rings. The minimum absolute atomic E-state index is 0.0334. The smallest absolute Gasteiger partial charge is 0.193 e. The molecule has 0 aliphatic rings. The molecule has 20 heavy (non-hydrogen) atoms. The van der Waals surface area contributed by atoms with Crippen LogP contribution in [0.4, 0.5) is 0 Å². The van der Waals surface area contributed by atoms with E-state index >= 15 is 0 Å². The lowest BCUT2D eigenvalue weighted by molar-refractivity contribution is 0.103. The zero-order valence-electron chi connectivity index (χ0n) is 11.0. The summed E-state index contributed by atoms with van der Waals surface area (Å²) in [5, 5.41) is 2.22. The molecule has 0 unspecified atom stereocenters. The lowest BCUT2D eigenvalue weighted by atomic mass is 9.99. The Labute approximate surface area is 117 Å². The van der Waals surface area contributed by atoms with Crippen molar-refractivity contribution in [3.8, 4) is 0 Å². The van der Waals surface area contributed by atoms with Gasteiger partial charge in [-0.15, -0.1) is 0 Å². The van der Waals surface area contributed by atoms with Crippen LogP contribution in [-0.2, 0) is 6.54 Å². The predicted octanol–water partition coefficient (Wildman–Crippen LogP) is 3.53. The summed E-state index contributed by atoms with van der Waals surface area (Å²) in [6, 6.07) is 21.3. The van der Waals surface area contributed by atoms with E-state index in [1.165, 1.54) is 0 Å². The molecular weight excluding hydrogens is 246 g/mol. The maximum Gasteiger partial charge on any atom is 0.193 e. The first-order valence-electron chi connectivity index (χ1n) is 6.60. The summed E-state index contributed by atoms with van der Waals surface area (Å²) in [7, 11) is 0. The van der Waals surface area contributed by atoms with Crippen LogP contribution in [0.2, 0.25) is 0 Å². The van der Waals surface area contributed by atoms with Crippen LogP contribution in [0.25, 0.3) is 10.8 Å². The van der Waals surface area contributed by atoms with Crippen molar-refractivity contribution in [2.75, 3.05) is 0 Å². The van der Waals surface area contributed by atoms with Gasteiger partial charge in [-0.1, -0.05) is 54.6 Å². The summed E-state index contributed by atoms with van der Waals surface area (Å²) in [5.74, 6) is 0.0334. The molecule has 0 spiro atoms. The van der Waals surface area contributed by atoms with Crippen LogP contribution >= 0.6 is 0 Å². The normalized spacial score (nSPS) is 10.7. The van der Waals surface area contributed by atoms with Crippen LogP contribution in [0, 0.1) is 0 Å². The van der Waals surface area contributed by atoms with Crippen LogP contribution in [0.15, 0.2) is 66.7 Å². The molecule has 0 aromatic heterocycles. The van der Waals surface area contributed by atoms with E-state index in [1.54, 1.807) is 0 Å². The van der Waals surface area contributed by atoms with Gasteiger partial charge in [0, 0.05) is 17.7 Å². The summed E-state index contributed by atoms with van der Waals surface area (Å²) >= 11 is 0. The Morgan fingerprint density at radius 2 is 1.55 bits per heavy atom. The highest BCUT2D eigenvalue weighted by Crippen LogP contribution is 2.18. The molecule has 2 nitrogen and oxygen atoms in total. The molecule has 0 saturated carbocycles. The quantitative estimate of drug-likeness (QED) is 0.733. The van der Waals surface area contributed by atoms with E-state index in [4.69, 9.17) is 5.73 Å². The third-order valence-corrected chi connectivity index (χ3v) is 3.44. The number of hydrogen-bond donors (Lipinski definition) is 1. The molecule has 2 N–H and O–H groups in total. The summed E-state index contributed by atoms with van der Waals surface area (Å²) < 4.78 is 0. The summed E-state index contributed by atoms with van der Waals surface area (Å²) in [6.45, 7) is 0.443. The lowest BCUT2D eigenvalue weighted by Gasteiger charge is -2.05. The molecule has 3 aromatic carbocycles. The molecule has 0 aliphatic heterocycles. The van der Waals surface area contributed by atoms with Crippen LogP contribution < -0.4 is 5.73 Å². The Bertz CT molecular complexity index is 777. The third-order valence-electron chi connectivity index (χ3n) is 3.44. The molecule has 0 radical (unpaired) electrons. The van der Waals surface area contributed by atoms with E-state index in [0.29, 0.717) is 17.7 Å². The highest BCUT2D eigenvalue weighted by atomic mass is 16.1. The molecule has 3 aromatic rings. The van der Waals surface area contributed by atoms with Gasteiger partial charge in [0.25, 0.3) is 0 Å². The van der Waals surface area contributed by atoms with Gasteiger partial charge < -0.3 is 5.73 Å². The molecule has 0 atom stereocenters. The minimum atomic E-state index is 0.0334. The monoisotopic (exact) mass is 261 g/mol. The van der Waals surface area contributed by atoms with Crippen molar-refractivity contribution in [1.29, 1.82) is 0 Å². The Hall–Kier alpha value is -2.45. The number of nitrogens with two attached hydrogens (primary N) is 1. The van der Waals surface area contributed by atoms with Crippen LogP contribution in [0.5, 0.6) is 0 Å². The molecule has 0 saturated heterocycles. The van der Waals surface area contributed by atoms with Crippen molar-refractivity contribution < 1.29 is 4.79 Å². The highest BCUT2D eigenvalue weighted by molar-refractivity contribution is 6.10. The van der Waals surface area contributed by atoms with Crippen molar-refractivity contribution in [3.63, 3.8) is 0 Å². The van der Waals surface area contributed by atoms with Crippen LogP contribution in [0.1, 0.15) is 21.5 Å². The van der Waals surface area contributed by atoms with Crippen molar-refractivity contribution in [2.45, 2.75) is 6.54 Å². The molecular formula is C18H15NO. The first-order valence-corrected chi connectivity index (χ1v) is 6.60. The summed E-state index contributed by atoms with van der Waals surface area (Å²) in [4.78, 5) is 12.5. The molecule has 2 heteroatoms. The van der Waals surface area contributed by atoms with Gasteiger partial charge in [0.2, 0.25) is 0 Å². The fourth-order valence-corrected chi connectivity index (χ4v) is 2.34. The van der Waals surface area contributed by atoms with Gasteiger partial charge in [0.1, 0.15) is 0 Å². The van der Waals surface area contributed by atoms with Gasteiger partial charge in [0.05, 0.1) is 0 Å². The fourth-order valence-electron chi connectivity index (χ4n) is 2.34. The second-order valence-electron chi connectivity index (χ2n) is 4.80. The standard InChI is InChI=1S/C18H15NO/c19-12-13-4-3-7-16(10-13)18(20)17-9-8-14-5-1-2-6-15(14)11-17/h1-11H,12,19H2. The Balaban J connectivity index is 2.03. The second-order valence-corrected chi connectivity index (χ2v) is 4.80. The minimum Gasteiger partial charge on any atom is -0.326 e. The number of ketones is 1. The van der Waals surface area contributed by atoms with Crippen molar-refractivity contribution in [3.05, 3.63) is 83.4 Å². The van der Waals surface area contributed by atoms with E-state index in [0.717, 1.165) is 16.3 Å². The summed E-state index contributed by atoms with van der Waals surface area (Å²) in [5.41, 5.74) is 7.98. The average molecular weight is 261 g/mol. The number of fused-ring (bicyclic) bond motifs is 1. The van der Waals surface area contributed by atoms with E-state index in [9.17, 15) is 4.79 Å². The zero-order valence-corrected chi connectivity index (χ0v) is 11.0. The van der Waals surface area contributed by atoms with E-state index < -0.39 is 0 Å². The first kappa shape index (κ1) is 12.6. The lowest BCUT2D eigenvalue weighted by Crippen LogP contribution is -2.03. The second kappa shape index (κ2) is 5.27. The van der Waals surface area contributed by atoms with Crippen molar-refractivity contribution in [2.24, 2.45) is 5.73 Å². The Morgan fingerprint density at radius 1 is 0.800 bits per heavy atom. The van der Waals surface area contributed by atoms with Gasteiger partial charge in [-0.3, -0.25) is 4.79 Å². The van der Waals surface area contributed by atoms with E-state index in [1.807, 2.05) is 66.7 Å². The van der Waals surface area contributed by atoms with Crippen LogP contribution in [0.3, 0.4) is 0 Å². The third kappa shape index (κ3) is 2.33. The molecule has 0 heterocycles. The first-order chi connectivity index (χ1) is 9.78. The predicted molar refractivity (Wildman–Crippen MR) is 81.7 cm³/mol. The van der Waals surface area contributed by atoms with E-state index in [2.05, 4.69) is 0 Å². The molecule has 98 valence electrons. The number of carbonyl (C=O) groups is 1. The van der Waals surface area contributed by atoms with Gasteiger partial charge in [-0.25, -0.2) is 0 Å². The number of rotatable bonds is 3. The highest BCUT2D eigenvalue weighted by Gasteiger charge is 2.09.